The molecule has 116 valence electrons. The summed E-state index contributed by atoms with van der Waals surface area (Å²) in [6, 6.07) is 1.46. The Hall–Kier alpha value is -2.15. The van der Waals surface area contributed by atoms with Crippen molar-refractivity contribution in [3.63, 3.8) is 0 Å². The monoisotopic (exact) mass is 302 g/mol. The zero-order chi connectivity index (χ0) is 15.3. The first kappa shape index (κ1) is 13.5. The summed E-state index contributed by atoms with van der Waals surface area (Å²) < 4.78 is 5.21. The third-order valence-electron chi connectivity index (χ3n) is 4.36. The van der Waals surface area contributed by atoms with Crippen molar-refractivity contribution in [1.82, 2.24) is 20.0 Å². The molecule has 1 amide bonds. The number of carbonyl (C=O) groups is 1. The number of hydrogen-bond acceptors (Lipinski definition) is 5. The standard InChI is InChI=1S/C15H18N4O3/c1-8-17-14(22-18-8)12-6-10(20)7-19(12)15(21)11-4-5-16-13(11)9-2-3-9/h4-5,9-10,12,16,20H,2-3,6-7H2,1H3/t10-,12+/m0/s1. The van der Waals surface area contributed by atoms with Gasteiger partial charge >= 0.3 is 0 Å². The van der Waals surface area contributed by atoms with Gasteiger partial charge in [-0.3, -0.25) is 4.79 Å². The Morgan fingerprint density at radius 2 is 2.32 bits per heavy atom. The van der Waals surface area contributed by atoms with E-state index in [-0.39, 0.29) is 11.9 Å². The van der Waals surface area contributed by atoms with Crippen molar-refractivity contribution < 1.29 is 14.4 Å². The van der Waals surface area contributed by atoms with Crippen LogP contribution in [0.15, 0.2) is 16.8 Å². The molecular weight excluding hydrogens is 284 g/mol. The van der Waals surface area contributed by atoms with Crippen LogP contribution in [0, 0.1) is 6.92 Å². The number of aliphatic hydroxyl groups is 1. The highest BCUT2D eigenvalue weighted by molar-refractivity contribution is 5.96. The van der Waals surface area contributed by atoms with E-state index in [1.54, 1.807) is 18.0 Å². The lowest BCUT2D eigenvalue weighted by Gasteiger charge is -2.21. The molecule has 1 saturated carbocycles. The van der Waals surface area contributed by atoms with Crippen molar-refractivity contribution in [2.24, 2.45) is 0 Å². The van der Waals surface area contributed by atoms with Gasteiger partial charge in [-0.1, -0.05) is 5.16 Å². The van der Waals surface area contributed by atoms with Crippen LogP contribution < -0.4 is 0 Å². The van der Waals surface area contributed by atoms with Crippen LogP contribution in [0.25, 0.3) is 0 Å². The molecule has 22 heavy (non-hydrogen) atoms. The van der Waals surface area contributed by atoms with E-state index in [1.807, 2.05) is 6.07 Å². The Morgan fingerprint density at radius 3 is 3.00 bits per heavy atom. The Bertz CT molecular complexity index is 703. The number of aromatic nitrogens is 3. The number of nitrogens with zero attached hydrogens (tertiary/aromatic N) is 3. The third kappa shape index (κ3) is 2.21. The van der Waals surface area contributed by atoms with E-state index in [9.17, 15) is 9.90 Å². The van der Waals surface area contributed by atoms with Gasteiger partial charge in [-0.15, -0.1) is 0 Å². The van der Waals surface area contributed by atoms with Gasteiger partial charge in [0.25, 0.3) is 5.91 Å². The van der Waals surface area contributed by atoms with Gasteiger partial charge in [-0.05, 0) is 31.7 Å². The van der Waals surface area contributed by atoms with Gasteiger partial charge in [-0.2, -0.15) is 4.98 Å². The van der Waals surface area contributed by atoms with Gasteiger partial charge in [0.05, 0.1) is 11.7 Å². The summed E-state index contributed by atoms with van der Waals surface area (Å²) >= 11 is 0. The molecular formula is C15H18N4O3. The fourth-order valence-corrected chi connectivity index (χ4v) is 3.15. The molecule has 2 N–H and O–H groups in total. The number of aliphatic hydroxyl groups excluding tert-OH is 1. The molecule has 2 atom stereocenters. The first-order valence-electron chi connectivity index (χ1n) is 7.60. The molecule has 7 nitrogen and oxygen atoms in total. The minimum Gasteiger partial charge on any atom is -0.391 e. The zero-order valence-corrected chi connectivity index (χ0v) is 12.3. The second kappa shape index (κ2) is 4.95. The molecule has 1 saturated heterocycles. The lowest BCUT2D eigenvalue weighted by molar-refractivity contribution is 0.0692. The number of nitrogens with one attached hydrogen (secondary N) is 1. The second-order valence-corrected chi connectivity index (χ2v) is 6.12. The Balaban J connectivity index is 1.64. The maximum absolute atomic E-state index is 12.9. The van der Waals surface area contributed by atoms with Crippen molar-refractivity contribution in [2.75, 3.05) is 6.54 Å². The summed E-state index contributed by atoms with van der Waals surface area (Å²) in [5.41, 5.74) is 1.70. The maximum Gasteiger partial charge on any atom is 0.256 e. The number of carbonyl (C=O) groups excluding carboxylic acids is 1. The van der Waals surface area contributed by atoms with Crippen molar-refractivity contribution in [2.45, 2.75) is 44.2 Å². The summed E-state index contributed by atoms with van der Waals surface area (Å²) in [4.78, 5) is 21.9. The average molecular weight is 302 g/mol. The second-order valence-electron chi connectivity index (χ2n) is 6.12. The largest absolute Gasteiger partial charge is 0.391 e. The molecule has 3 heterocycles. The van der Waals surface area contributed by atoms with Crippen LogP contribution in [-0.4, -0.2) is 43.7 Å². The lowest BCUT2D eigenvalue weighted by atomic mass is 10.1. The number of likely N-dealkylation sites (tertiary alicyclic amines) is 1. The Labute approximate surface area is 127 Å². The van der Waals surface area contributed by atoms with Gasteiger partial charge in [0.15, 0.2) is 5.82 Å². The van der Waals surface area contributed by atoms with Crippen LogP contribution in [0.4, 0.5) is 0 Å². The van der Waals surface area contributed by atoms with E-state index in [0.29, 0.717) is 36.2 Å². The van der Waals surface area contributed by atoms with Crippen LogP contribution in [-0.2, 0) is 0 Å². The van der Waals surface area contributed by atoms with E-state index in [1.165, 1.54) is 0 Å². The molecule has 1 aliphatic heterocycles. The molecule has 0 unspecified atom stereocenters. The summed E-state index contributed by atoms with van der Waals surface area (Å²) in [6.45, 7) is 2.03. The molecule has 0 spiro atoms. The molecule has 2 aliphatic rings. The molecule has 7 heteroatoms. The summed E-state index contributed by atoms with van der Waals surface area (Å²) in [5, 5.41) is 13.8. The lowest BCUT2D eigenvalue weighted by Crippen LogP contribution is -2.32. The number of rotatable bonds is 3. The molecule has 2 aromatic heterocycles. The topological polar surface area (TPSA) is 95.3 Å². The minimum absolute atomic E-state index is 0.0828. The highest BCUT2D eigenvalue weighted by Gasteiger charge is 2.40. The molecule has 0 aromatic carbocycles. The fourth-order valence-electron chi connectivity index (χ4n) is 3.15. The normalized spacial score (nSPS) is 24.9. The van der Waals surface area contributed by atoms with E-state index in [4.69, 9.17) is 4.52 Å². The third-order valence-corrected chi connectivity index (χ3v) is 4.36. The van der Waals surface area contributed by atoms with Crippen molar-refractivity contribution in [3.8, 4) is 0 Å². The van der Waals surface area contributed by atoms with E-state index in [2.05, 4.69) is 15.1 Å². The predicted octanol–water partition coefficient (Wildman–Crippen LogP) is 1.53. The summed E-state index contributed by atoms with van der Waals surface area (Å²) in [6.07, 6.45) is 3.91. The Kier molecular flexibility index (Phi) is 3.04. The number of aryl methyl sites for hydroxylation is 1. The molecule has 0 radical (unpaired) electrons. The highest BCUT2D eigenvalue weighted by Crippen LogP contribution is 2.42. The quantitative estimate of drug-likeness (QED) is 0.896. The van der Waals surface area contributed by atoms with E-state index >= 15 is 0 Å². The molecule has 2 aromatic rings. The van der Waals surface area contributed by atoms with Gasteiger partial charge in [0.2, 0.25) is 5.89 Å². The van der Waals surface area contributed by atoms with Gasteiger partial charge in [-0.25, -0.2) is 0 Å². The number of aromatic amines is 1. The smallest absolute Gasteiger partial charge is 0.256 e. The number of amides is 1. The predicted molar refractivity (Wildman–Crippen MR) is 76.2 cm³/mol. The maximum atomic E-state index is 12.9. The van der Waals surface area contributed by atoms with Gasteiger partial charge in [0, 0.05) is 24.9 Å². The number of H-pyrrole nitrogens is 1. The highest BCUT2D eigenvalue weighted by atomic mass is 16.5. The first-order chi connectivity index (χ1) is 10.6. The first-order valence-corrected chi connectivity index (χ1v) is 7.60. The van der Waals surface area contributed by atoms with E-state index < -0.39 is 6.10 Å². The molecule has 1 aliphatic carbocycles. The Morgan fingerprint density at radius 1 is 1.50 bits per heavy atom. The minimum atomic E-state index is -0.565. The molecule has 4 rings (SSSR count). The summed E-state index contributed by atoms with van der Waals surface area (Å²) in [5.74, 6) is 1.31. The SMILES string of the molecule is Cc1noc([C@H]2C[C@H](O)CN2C(=O)c2cc[nH]c2C2CC2)n1. The van der Waals surface area contributed by atoms with Crippen molar-refractivity contribution >= 4 is 5.91 Å². The number of β-amino-alcohol motifs (C(OH)–C–C–N with tert-alkyl or cyclic N) is 1. The van der Waals surface area contributed by atoms with Crippen molar-refractivity contribution in [1.29, 1.82) is 0 Å². The van der Waals surface area contributed by atoms with Gasteiger partial charge < -0.3 is 19.5 Å². The van der Waals surface area contributed by atoms with Gasteiger partial charge in [0.1, 0.15) is 6.04 Å². The molecule has 0 bridgehead atoms. The number of hydrogen-bond donors (Lipinski definition) is 2. The average Bonchev–Trinajstić information content (AvgIpc) is 2.91. The molecule has 2 fully saturated rings. The van der Waals surface area contributed by atoms with Crippen LogP contribution in [0.1, 0.15) is 59.0 Å². The zero-order valence-electron chi connectivity index (χ0n) is 12.3. The van der Waals surface area contributed by atoms with Crippen LogP contribution in [0.2, 0.25) is 0 Å². The van der Waals surface area contributed by atoms with Crippen LogP contribution in [0.3, 0.4) is 0 Å². The van der Waals surface area contributed by atoms with Crippen molar-refractivity contribution in [3.05, 3.63) is 35.2 Å². The fraction of sp³-hybridized carbons (Fsp3) is 0.533. The van der Waals surface area contributed by atoms with E-state index in [0.717, 1.165) is 18.5 Å². The van der Waals surface area contributed by atoms with Crippen LogP contribution in [0.5, 0.6) is 0 Å². The van der Waals surface area contributed by atoms with Crippen LogP contribution >= 0.6 is 0 Å². The summed E-state index contributed by atoms with van der Waals surface area (Å²) in [7, 11) is 0.